The second-order valence-electron chi connectivity index (χ2n) is 8.06. The number of hydrogen-bond acceptors (Lipinski definition) is 4. The number of benzene rings is 2. The number of carboxylic acid groups (broad SMARTS) is 1. The maximum absolute atomic E-state index is 13.8. The van der Waals surface area contributed by atoms with Crippen molar-refractivity contribution in [2.24, 2.45) is 5.73 Å². The van der Waals surface area contributed by atoms with E-state index in [2.05, 4.69) is 5.32 Å². The van der Waals surface area contributed by atoms with Gasteiger partial charge in [-0.05, 0) is 42.0 Å². The van der Waals surface area contributed by atoms with Crippen LogP contribution in [0.3, 0.4) is 0 Å². The number of carbonyl (C=O) groups is 3. The van der Waals surface area contributed by atoms with Crippen molar-refractivity contribution in [3.63, 3.8) is 0 Å². The summed E-state index contributed by atoms with van der Waals surface area (Å²) in [6.45, 7) is 0.659. The van der Waals surface area contributed by atoms with Crippen LogP contribution in [0.2, 0.25) is 0 Å². The number of carboxylic acids is 1. The minimum atomic E-state index is -0.942. The van der Waals surface area contributed by atoms with Crippen molar-refractivity contribution in [3.8, 4) is 0 Å². The van der Waals surface area contributed by atoms with Crippen LogP contribution in [-0.2, 0) is 33.8 Å². The van der Waals surface area contributed by atoms with E-state index in [-0.39, 0.29) is 43.4 Å². The predicted molar refractivity (Wildman–Crippen MR) is 117 cm³/mol. The van der Waals surface area contributed by atoms with Gasteiger partial charge in [0.05, 0.1) is 6.42 Å². The molecule has 1 saturated heterocycles. The summed E-state index contributed by atoms with van der Waals surface area (Å²) in [5, 5.41) is 11.9. The van der Waals surface area contributed by atoms with Crippen molar-refractivity contribution in [3.05, 3.63) is 71.0 Å². The van der Waals surface area contributed by atoms with E-state index in [9.17, 15) is 18.8 Å². The number of nitrogens with two attached hydrogens (primary N) is 1. The molecule has 0 bridgehead atoms. The highest BCUT2D eigenvalue weighted by Crippen LogP contribution is 2.20. The molecule has 1 fully saturated rings. The van der Waals surface area contributed by atoms with E-state index >= 15 is 0 Å². The van der Waals surface area contributed by atoms with E-state index in [1.165, 1.54) is 6.07 Å². The fourth-order valence-corrected chi connectivity index (χ4v) is 4.06. The highest BCUT2D eigenvalue weighted by atomic mass is 19.1. The van der Waals surface area contributed by atoms with Crippen LogP contribution in [0.1, 0.15) is 36.0 Å². The van der Waals surface area contributed by atoms with Crippen LogP contribution < -0.4 is 11.1 Å². The first-order valence-electron chi connectivity index (χ1n) is 10.7. The Morgan fingerprint density at radius 3 is 2.44 bits per heavy atom. The number of nitrogens with zero attached hydrogens (tertiary/aromatic N) is 1. The molecule has 2 amide bonds. The zero-order valence-corrected chi connectivity index (χ0v) is 17.8. The average Bonchev–Trinajstić information content (AvgIpc) is 3.24. The molecule has 4 N–H and O–H groups in total. The summed E-state index contributed by atoms with van der Waals surface area (Å²) in [5.74, 6) is -1.79. The molecule has 32 heavy (non-hydrogen) atoms. The number of nitrogens with one attached hydrogen (secondary N) is 1. The molecule has 1 heterocycles. The maximum atomic E-state index is 13.8. The molecule has 0 radical (unpaired) electrons. The number of hydrogen-bond donors (Lipinski definition) is 3. The molecule has 0 spiro atoms. The molecule has 0 aromatic heterocycles. The highest BCUT2D eigenvalue weighted by molar-refractivity contribution is 5.88. The number of carbonyl (C=O) groups excluding carboxylic acids is 2. The van der Waals surface area contributed by atoms with Gasteiger partial charge in [-0.15, -0.1) is 0 Å². The second kappa shape index (κ2) is 10.9. The molecule has 7 nitrogen and oxygen atoms in total. The standard InChI is InChI=1S/C24H28FN3O4/c25-20-9-4-3-7-17(20)12-19(26)14-22(29)28-11-5-10-21(28)24(32)27-15-18-8-2-1-6-16(18)13-23(30)31/h1-4,6-9,19,21H,5,10-15,26H2,(H,27,32)(H,30,31)/t19-,21+/m1/s1. The predicted octanol–water partition coefficient (Wildman–Crippen LogP) is 2.02. The first kappa shape index (κ1) is 23.4. The van der Waals surface area contributed by atoms with Crippen molar-refractivity contribution in [1.29, 1.82) is 0 Å². The number of rotatable bonds is 9. The Kier molecular flexibility index (Phi) is 7.94. The molecule has 3 rings (SSSR count). The van der Waals surface area contributed by atoms with Gasteiger partial charge < -0.3 is 21.1 Å². The summed E-state index contributed by atoms with van der Waals surface area (Å²) in [5.41, 5.74) is 7.92. The van der Waals surface area contributed by atoms with Gasteiger partial charge in [0, 0.05) is 25.6 Å². The molecule has 170 valence electrons. The average molecular weight is 442 g/mol. The lowest BCUT2D eigenvalue weighted by atomic mass is 10.0. The summed E-state index contributed by atoms with van der Waals surface area (Å²) >= 11 is 0. The van der Waals surface area contributed by atoms with E-state index in [0.717, 1.165) is 5.56 Å². The van der Waals surface area contributed by atoms with Gasteiger partial charge in [0.1, 0.15) is 11.9 Å². The fraction of sp³-hybridized carbons (Fsp3) is 0.375. The Balaban J connectivity index is 1.56. The van der Waals surface area contributed by atoms with E-state index < -0.39 is 18.1 Å². The molecular formula is C24H28FN3O4. The number of likely N-dealkylation sites (tertiary alicyclic amines) is 1. The molecule has 2 aromatic rings. The van der Waals surface area contributed by atoms with Crippen LogP contribution in [0.25, 0.3) is 0 Å². The highest BCUT2D eigenvalue weighted by Gasteiger charge is 2.34. The number of amides is 2. The van der Waals surface area contributed by atoms with Crippen molar-refractivity contribution >= 4 is 17.8 Å². The summed E-state index contributed by atoms with van der Waals surface area (Å²) < 4.78 is 13.8. The van der Waals surface area contributed by atoms with Crippen LogP contribution in [0.5, 0.6) is 0 Å². The molecule has 2 aromatic carbocycles. The van der Waals surface area contributed by atoms with Crippen molar-refractivity contribution in [1.82, 2.24) is 10.2 Å². The maximum Gasteiger partial charge on any atom is 0.307 e. The fourth-order valence-electron chi connectivity index (χ4n) is 4.06. The van der Waals surface area contributed by atoms with Crippen LogP contribution in [-0.4, -0.2) is 46.4 Å². The van der Waals surface area contributed by atoms with Crippen LogP contribution in [0, 0.1) is 5.82 Å². The Bertz CT molecular complexity index is 981. The van der Waals surface area contributed by atoms with E-state index in [1.54, 1.807) is 47.4 Å². The van der Waals surface area contributed by atoms with E-state index in [0.29, 0.717) is 30.5 Å². The van der Waals surface area contributed by atoms with Crippen LogP contribution >= 0.6 is 0 Å². The van der Waals surface area contributed by atoms with Gasteiger partial charge in [-0.25, -0.2) is 4.39 Å². The molecule has 1 aliphatic heterocycles. The Morgan fingerprint density at radius 1 is 1.09 bits per heavy atom. The van der Waals surface area contributed by atoms with E-state index in [4.69, 9.17) is 10.8 Å². The quantitative estimate of drug-likeness (QED) is 0.551. The largest absolute Gasteiger partial charge is 0.481 e. The third kappa shape index (κ3) is 6.13. The Labute approximate surface area is 186 Å². The summed E-state index contributed by atoms with van der Waals surface area (Å²) in [7, 11) is 0. The zero-order chi connectivity index (χ0) is 23.1. The lowest BCUT2D eigenvalue weighted by Gasteiger charge is -2.25. The lowest BCUT2D eigenvalue weighted by molar-refractivity contribution is -0.138. The van der Waals surface area contributed by atoms with Crippen LogP contribution in [0.4, 0.5) is 4.39 Å². The first-order chi connectivity index (χ1) is 15.3. The van der Waals surface area contributed by atoms with Gasteiger partial charge in [0.25, 0.3) is 0 Å². The molecule has 2 atom stereocenters. The third-order valence-electron chi connectivity index (χ3n) is 5.67. The molecule has 8 heteroatoms. The Hall–Kier alpha value is -3.26. The second-order valence-corrected chi connectivity index (χ2v) is 8.06. The third-order valence-corrected chi connectivity index (χ3v) is 5.67. The van der Waals surface area contributed by atoms with Crippen molar-refractivity contribution in [2.45, 2.75) is 50.7 Å². The molecule has 0 saturated carbocycles. The molecule has 1 aliphatic rings. The van der Waals surface area contributed by atoms with Gasteiger partial charge in [-0.1, -0.05) is 42.5 Å². The number of aliphatic carboxylic acids is 1. The monoisotopic (exact) mass is 441 g/mol. The van der Waals surface area contributed by atoms with Crippen LogP contribution in [0.15, 0.2) is 48.5 Å². The zero-order valence-electron chi connectivity index (χ0n) is 17.8. The minimum absolute atomic E-state index is 0.0273. The molecule has 0 unspecified atom stereocenters. The SMILES string of the molecule is N[C@@H](CC(=O)N1CCC[C@H]1C(=O)NCc1ccccc1CC(=O)O)Cc1ccccc1F. The van der Waals surface area contributed by atoms with Gasteiger partial charge in [0.2, 0.25) is 11.8 Å². The molecular weight excluding hydrogens is 413 g/mol. The van der Waals surface area contributed by atoms with Gasteiger partial charge in [0.15, 0.2) is 0 Å². The van der Waals surface area contributed by atoms with Gasteiger partial charge in [-0.3, -0.25) is 14.4 Å². The van der Waals surface area contributed by atoms with Crippen molar-refractivity contribution in [2.75, 3.05) is 6.54 Å². The summed E-state index contributed by atoms with van der Waals surface area (Å²) in [6.07, 6.45) is 1.40. The Morgan fingerprint density at radius 2 is 1.75 bits per heavy atom. The van der Waals surface area contributed by atoms with E-state index in [1.807, 2.05) is 0 Å². The summed E-state index contributed by atoms with van der Waals surface area (Å²) in [6, 6.07) is 12.2. The normalized spacial score (nSPS) is 16.6. The minimum Gasteiger partial charge on any atom is -0.481 e. The molecule has 0 aliphatic carbocycles. The first-order valence-corrected chi connectivity index (χ1v) is 10.7. The smallest absolute Gasteiger partial charge is 0.307 e. The topological polar surface area (TPSA) is 113 Å². The van der Waals surface area contributed by atoms with Gasteiger partial charge in [-0.2, -0.15) is 0 Å². The van der Waals surface area contributed by atoms with Gasteiger partial charge >= 0.3 is 5.97 Å². The van der Waals surface area contributed by atoms with Crippen molar-refractivity contribution < 1.29 is 23.9 Å². The lowest BCUT2D eigenvalue weighted by Crippen LogP contribution is -2.47. The summed E-state index contributed by atoms with van der Waals surface area (Å²) in [4.78, 5) is 38.2. The number of halogens is 1.